The molecule has 21 heavy (non-hydrogen) atoms. The van der Waals surface area contributed by atoms with Gasteiger partial charge in [-0.2, -0.15) is 13.2 Å². The number of alkyl halides is 3. The Bertz CT molecular complexity index is 704. The van der Waals surface area contributed by atoms with E-state index in [0.717, 1.165) is 4.90 Å². The van der Waals surface area contributed by atoms with Crippen LogP contribution < -0.4 is 0 Å². The van der Waals surface area contributed by atoms with E-state index in [4.69, 9.17) is 0 Å². The molecule has 1 aliphatic heterocycles. The Hall–Kier alpha value is -2.22. The van der Waals surface area contributed by atoms with Gasteiger partial charge in [-0.1, -0.05) is 12.1 Å². The van der Waals surface area contributed by atoms with E-state index in [0.29, 0.717) is 11.3 Å². The van der Waals surface area contributed by atoms with Crippen molar-refractivity contribution < 1.29 is 22.8 Å². The van der Waals surface area contributed by atoms with Crippen molar-refractivity contribution in [3.8, 4) is 0 Å². The van der Waals surface area contributed by atoms with Crippen LogP contribution in [0.1, 0.15) is 31.4 Å². The predicted molar refractivity (Wildman–Crippen MR) is 67.8 cm³/mol. The fourth-order valence-corrected chi connectivity index (χ4v) is 2.73. The molecule has 108 valence electrons. The van der Waals surface area contributed by atoms with E-state index in [1.54, 1.807) is 12.1 Å². The molecule has 0 unspecified atom stereocenters. The number of rotatable bonds is 2. The fourth-order valence-electron chi connectivity index (χ4n) is 2.05. The van der Waals surface area contributed by atoms with Gasteiger partial charge >= 0.3 is 6.18 Å². The Balaban J connectivity index is 1.86. The van der Waals surface area contributed by atoms with Crippen LogP contribution in [0.5, 0.6) is 0 Å². The highest BCUT2D eigenvalue weighted by Crippen LogP contribution is 2.32. The van der Waals surface area contributed by atoms with Gasteiger partial charge in [0.1, 0.15) is 0 Å². The van der Waals surface area contributed by atoms with Crippen molar-refractivity contribution in [3.63, 3.8) is 0 Å². The van der Waals surface area contributed by atoms with Gasteiger partial charge in [-0.25, -0.2) is 4.98 Å². The first-order valence-electron chi connectivity index (χ1n) is 5.85. The summed E-state index contributed by atoms with van der Waals surface area (Å²) in [6, 6.07) is 6.27. The van der Waals surface area contributed by atoms with Gasteiger partial charge in [0.2, 0.25) is 0 Å². The van der Waals surface area contributed by atoms with Crippen LogP contribution >= 0.6 is 11.3 Å². The average molecular weight is 312 g/mol. The maximum absolute atomic E-state index is 12.5. The van der Waals surface area contributed by atoms with Crippen LogP contribution in [0.3, 0.4) is 0 Å². The highest BCUT2D eigenvalue weighted by Gasteiger charge is 2.37. The third-order valence-electron chi connectivity index (χ3n) is 2.99. The average Bonchev–Trinajstić information content (AvgIpc) is 2.99. The Labute approximate surface area is 120 Å². The zero-order valence-corrected chi connectivity index (χ0v) is 11.2. The summed E-state index contributed by atoms with van der Waals surface area (Å²) in [4.78, 5) is 28.5. The first-order chi connectivity index (χ1) is 9.88. The summed E-state index contributed by atoms with van der Waals surface area (Å²) in [5.41, 5.74) is 0.560. The molecule has 2 heterocycles. The second-order valence-electron chi connectivity index (χ2n) is 4.38. The van der Waals surface area contributed by atoms with Crippen molar-refractivity contribution in [3.05, 3.63) is 51.5 Å². The minimum atomic E-state index is -4.52. The third-order valence-corrected chi connectivity index (χ3v) is 3.93. The summed E-state index contributed by atoms with van der Waals surface area (Å²) in [5, 5.41) is 0.209. The van der Waals surface area contributed by atoms with E-state index < -0.39 is 23.0 Å². The molecule has 0 atom stereocenters. The molecule has 0 spiro atoms. The molecule has 8 heteroatoms. The molecule has 0 N–H and O–H groups in total. The number of nitrogens with zero attached hydrogens (tertiary/aromatic N) is 2. The van der Waals surface area contributed by atoms with Gasteiger partial charge in [-0.3, -0.25) is 14.5 Å². The van der Waals surface area contributed by atoms with Crippen LogP contribution in [0.4, 0.5) is 13.2 Å². The standard InChI is InChI=1S/C13H7F3N2O2S/c14-13(15,16)12-17-7(6-21-12)5-18-10(19)8-3-1-2-4-9(8)11(18)20/h1-4,6H,5H2. The second-order valence-corrected chi connectivity index (χ2v) is 5.24. The molecule has 0 saturated carbocycles. The van der Waals surface area contributed by atoms with E-state index in [2.05, 4.69) is 4.98 Å². The number of hydrogen-bond acceptors (Lipinski definition) is 4. The van der Waals surface area contributed by atoms with Gasteiger partial charge in [0.25, 0.3) is 11.8 Å². The van der Waals surface area contributed by atoms with Gasteiger partial charge in [0.05, 0.1) is 23.4 Å². The van der Waals surface area contributed by atoms with Crippen LogP contribution in [-0.4, -0.2) is 21.7 Å². The lowest BCUT2D eigenvalue weighted by Gasteiger charge is -2.11. The first kappa shape index (κ1) is 13.7. The molecule has 4 nitrogen and oxygen atoms in total. The van der Waals surface area contributed by atoms with Crippen LogP contribution in [0.15, 0.2) is 29.6 Å². The molecule has 0 bridgehead atoms. The molecule has 0 aliphatic carbocycles. The summed E-state index contributed by atoms with van der Waals surface area (Å²) < 4.78 is 37.5. The van der Waals surface area contributed by atoms with Crippen LogP contribution in [-0.2, 0) is 12.7 Å². The number of fused-ring (bicyclic) bond motifs is 1. The minimum Gasteiger partial charge on any atom is -0.269 e. The van der Waals surface area contributed by atoms with Crippen molar-refractivity contribution >= 4 is 23.2 Å². The van der Waals surface area contributed by atoms with Gasteiger partial charge in [0.15, 0.2) is 5.01 Å². The molecule has 2 aromatic rings. The molecule has 0 saturated heterocycles. The highest BCUT2D eigenvalue weighted by atomic mass is 32.1. The molecular weight excluding hydrogens is 305 g/mol. The van der Waals surface area contributed by atoms with Crippen LogP contribution in [0.2, 0.25) is 0 Å². The number of benzene rings is 1. The maximum Gasteiger partial charge on any atom is 0.443 e. The summed E-state index contributed by atoms with van der Waals surface area (Å²) in [6.45, 7) is -0.265. The van der Waals surface area contributed by atoms with Crippen molar-refractivity contribution in [2.45, 2.75) is 12.7 Å². The molecule has 1 aromatic carbocycles. The SMILES string of the molecule is O=C1c2ccccc2C(=O)N1Cc1csc(C(F)(F)F)n1. The van der Waals surface area contributed by atoms with E-state index >= 15 is 0 Å². The topological polar surface area (TPSA) is 50.3 Å². The van der Waals surface area contributed by atoms with Gasteiger partial charge in [0, 0.05) is 5.38 Å². The second kappa shape index (κ2) is 4.66. The fraction of sp³-hybridized carbons (Fsp3) is 0.154. The van der Waals surface area contributed by atoms with Gasteiger partial charge < -0.3 is 0 Å². The van der Waals surface area contributed by atoms with Crippen LogP contribution in [0, 0.1) is 0 Å². The summed E-state index contributed by atoms with van der Waals surface area (Å²) in [6.07, 6.45) is -4.52. The molecule has 3 rings (SSSR count). The molecular formula is C13H7F3N2O2S. The minimum absolute atomic E-state index is 0.0434. The zero-order chi connectivity index (χ0) is 15.2. The lowest BCUT2D eigenvalue weighted by molar-refractivity contribution is -0.137. The molecule has 0 fully saturated rings. The number of carbonyl (C=O) groups excluding carboxylic acids is 2. The smallest absolute Gasteiger partial charge is 0.269 e. The molecule has 2 amide bonds. The van der Waals surface area contributed by atoms with E-state index in [-0.39, 0.29) is 23.4 Å². The number of hydrogen-bond donors (Lipinski definition) is 0. The molecule has 1 aromatic heterocycles. The van der Waals surface area contributed by atoms with Crippen molar-refractivity contribution in [1.82, 2.24) is 9.88 Å². The Morgan fingerprint density at radius 3 is 2.14 bits per heavy atom. The van der Waals surface area contributed by atoms with Crippen molar-refractivity contribution in [2.75, 3.05) is 0 Å². The largest absolute Gasteiger partial charge is 0.443 e. The molecule has 0 radical (unpaired) electrons. The number of carbonyl (C=O) groups is 2. The van der Waals surface area contributed by atoms with E-state index in [9.17, 15) is 22.8 Å². The summed E-state index contributed by atoms with van der Waals surface area (Å²) in [5.74, 6) is -1.03. The Kier molecular flexibility index (Phi) is 3.05. The number of aromatic nitrogens is 1. The van der Waals surface area contributed by atoms with Crippen molar-refractivity contribution in [2.24, 2.45) is 0 Å². The highest BCUT2D eigenvalue weighted by molar-refractivity contribution is 7.09. The summed E-state index contributed by atoms with van der Waals surface area (Å²) in [7, 11) is 0. The number of thiazole rings is 1. The summed E-state index contributed by atoms with van der Waals surface area (Å²) >= 11 is 0.441. The zero-order valence-electron chi connectivity index (χ0n) is 10.3. The molecule has 1 aliphatic rings. The number of amides is 2. The van der Waals surface area contributed by atoms with E-state index in [1.807, 2.05) is 0 Å². The normalized spacial score (nSPS) is 14.7. The Morgan fingerprint density at radius 2 is 1.67 bits per heavy atom. The maximum atomic E-state index is 12.5. The van der Waals surface area contributed by atoms with Crippen LogP contribution in [0.25, 0.3) is 0 Å². The van der Waals surface area contributed by atoms with Gasteiger partial charge in [-0.15, -0.1) is 11.3 Å². The van der Waals surface area contributed by atoms with Crippen molar-refractivity contribution in [1.29, 1.82) is 0 Å². The lowest BCUT2D eigenvalue weighted by atomic mass is 10.1. The third kappa shape index (κ3) is 2.31. The Morgan fingerprint density at radius 1 is 1.10 bits per heavy atom. The first-order valence-corrected chi connectivity index (χ1v) is 6.72. The predicted octanol–water partition coefficient (Wildman–Crippen LogP) is 2.96. The van der Waals surface area contributed by atoms with Gasteiger partial charge in [-0.05, 0) is 12.1 Å². The number of imide groups is 1. The number of halogens is 3. The van der Waals surface area contributed by atoms with E-state index in [1.165, 1.54) is 17.5 Å². The quantitative estimate of drug-likeness (QED) is 0.801. The lowest BCUT2D eigenvalue weighted by Crippen LogP contribution is -2.29. The monoisotopic (exact) mass is 312 g/mol.